The number of carbonyl (C=O) groups is 2. The molecule has 30 heavy (non-hydrogen) atoms. The molecule has 3 aromatic rings. The van der Waals surface area contributed by atoms with Gasteiger partial charge in [0, 0.05) is 5.56 Å². The Morgan fingerprint density at radius 1 is 0.900 bits per heavy atom. The van der Waals surface area contributed by atoms with Crippen LogP contribution in [0.1, 0.15) is 27.6 Å². The maximum atomic E-state index is 12.4. The number of aliphatic hydroxyl groups excluding tert-OH is 1. The third kappa shape index (κ3) is 5.46. The summed E-state index contributed by atoms with van der Waals surface area (Å²) in [6, 6.07) is 23.7. The Kier molecular flexibility index (Phi) is 7.19. The molecule has 0 radical (unpaired) electrons. The zero-order valence-corrected chi connectivity index (χ0v) is 16.5. The van der Waals surface area contributed by atoms with Crippen LogP contribution >= 0.6 is 0 Å². The van der Waals surface area contributed by atoms with Gasteiger partial charge in [-0.25, -0.2) is 4.79 Å². The number of hydrogen-bond acceptors (Lipinski definition) is 5. The molecule has 0 saturated carbocycles. The first kappa shape index (κ1) is 21.1. The van der Waals surface area contributed by atoms with E-state index in [4.69, 9.17) is 9.47 Å². The molecule has 0 aliphatic carbocycles. The SMILES string of the molecule is COC(=O)[C@@H](NC(=O)c1ccccc1)[C@@H](O)c1ccc(OCc2ccccc2)cc1. The molecule has 0 aliphatic heterocycles. The third-order valence-corrected chi connectivity index (χ3v) is 4.56. The Morgan fingerprint density at radius 2 is 1.50 bits per heavy atom. The maximum Gasteiger partial charge on any atom is 0.331 e. The minimum absolute atomic E-state index is 0.378. The first-order chi connectivity index (χ1) is 14.6. The highest BCUT2D eigenvalue weighted by molar-refractivity contribution is 5.96. The zero-order chi connectivity index (χ0) is 21.3. The molecular formula is C24H23NO5. The van der Waals surface area contributed by atoms with Crippen molar-refractivity contribution in [2.75, 3.05) is 7.11 Å². The molecule has 0 aromatic heterocycles. The van der Waals surface area contributed by atoms with Gasteiger partial charge in [-0.15, -0.1) is 0 Å². The molecule has 0 unspecified atom stereocenters. The predicted molar refractivity (Wildman–Crippen MR) is 112 cm³/mol. The summed E-state index contributed by atoms with van der Waals surface area (Å²) in [7, 11) is 1.21. The van der Waals surface area contributed by atoms with E-state index in [2.05, 4.69) is 5.32 Å². The van der Waals surface area contributed by atoms with Crippen LogP contribution in [0.15, 0.2) is 84.9 Å². The smallest absolute Gasteiger partial charge is 0.331 e. The average Bonchev–Trinajstić information content (AvgIpc) is 2.81. The van der Waals surface area contributed by atoms with E-state index in [0.717, 1.165) is 5.56 Å². The van der Waals surface area contributed by atoms with Crippen LogP contribution in [0.25, 0.3) is 0 Å². The number of rotatable bonds is 8. The fraction of sp³-hybridized carbons (Fsp3) is 0.167. The second kappa shape index (κ2) is 10.2. The molecule has 0 saturated heterocycles. The minimum Gasteiger partial charge on any atom is -0.489 e. The van der Waals surface area contributed by atoms with Crippen molar-refractivity contribution >= 4 is 11.9 Å². The lowest BCUT2D eigenvalue weighted by Crippen LogP contribution is -2.45. The molecule has 6 heteroatoms. The molecule has 6 nitrogen and oxygen atoms in total. The Hall–Kier alpha value is -3.64. The van der Waals surface area contributed by atoms with Crippen LogP contribution in [0.4, 0.5) is 0 Å². The monoisotopic (exact) mass is 405 g/mol. The molecule has 3 rings (SSSR count). The van der Waals surface area contributed by atoms with Gasteiger partial charge < -0.3 is 19.9 Å². The maximum absolute atomic E-state index is 12.4. The summed E-state index contributed by atoms with van der Waals surface area (Å²) in [5.74, 6) is -0.596. The van der Waals surface area contributed by atoms with Gasteiger partial charge in [-0.3, -0.25) is 4.79 Å². The van der Waals surface area contributed by atoms with E-state index in [-0.39, 0.29) is 0 Å². The van der Waals surface area contributed by atoms with E-state index in [0.29, 0.717) is 23.5 Å². The fourth-order valence-corrected chi connectivity index (χ4v) is 2.90. The van der Waals surface area contributed by atoms with Crippen LogP contribution in [0.2, 0.25) is 0 Å². The Morgan fingerprint density at radius 3 is 2.10 bits per heavy atom. The summed E-state index contributed by atoms with van der Waals surface area (Å²) in [6.07, 6.45) is -1.28. The van der Waals surface area contributed by atoms with Crippen LogP contribution in [0.3, 0.4) is 0 Å². The lowest BCUT2D eigenvalue weighted by atomic mass is 10.0. The fourth-order valence-electron chi connectivity index (χ4n) is 2.90. The third-order valence-electron chi connectivity index (χ3n) is 4.56. The van der Waals surface area contributed by atoms with Crippen molar-refractivity contribution in [3.63, 3.8) is 0 Å². The standard InChI is InChI=1S/C24H23NO5/c1-29-24(28)21(25-23(27)19-10-6-3-7-11-19)22(26)18-12-14-20(15-13-18)30-16-17-8-4-2-5-9-17/h2-15,21-22,26H,16H2,1H3,(H,25,27)/t21-,22-/m0/s1. The molecule has 0 spiro atoms. The van der Waals surface area contributed by atoms with E-state index < -0.39 is 24.0 Å². The molecule has 1 amide bonds. The molecule has 154 valence electrons. The Labute approximate surface area is 175 Å². The second-order valence-corrected chi connectivity index (χ2v) is 6.63. The first-order valence-electron chi connectivity index (χ1n) is 9.47. The number of nitrogens with one attached hydrogen (secondary N) is 1. The van der Waals surface area contributed by atoms with Crippen LogP contribution in [0, 0.1) is 0 Å². The highest BCUT2D eigenvalue weighted by Crippen LogP contribution is 2.22. The van der Waals surface area contributed by atoms with Gasteiger partial charge in [0.1, 0.15) is 18.5 Å². The average molecular weight is 405 g/mol. The van der Waals surface area contributed by atoms with Crippen molar-refractivity contribution in [2.45, 2.75) is 18.8 Å². The number of carbonyl (C=O) groups excluding carboxylic acids is 2. The highest BCUT2D eigenvalue weighted by Gasteiger charge is 2.31. The predicted octanol–water partition coefficient (Wildman–Crippen LogP) is 3.27. The summed E-state index contributed by atoms with van der Waals surface area (Å²) < 4.78 is 10.5. The van der Waals surface area contributed by atoms with Gasteiger partial charge in [0.15, 0.2) is 6.04 Å². The number of amides is 1. The lowest BCUT2D eigenvalue weighted by Gasteiger charge is -2.22. The van der Waals surface area contributed by atoms with Crippen molar-refractivity contribution in [1.82, 2.24) is 5.32 Å². The summed E-state index contributed by atoms with van der Waals surface area (Å²) in [4.78, 5) is 24.6. The largest absolute Gasteiger partial charge is 0.489 e. The van der Waals surface area contributed by atoms with E-state index in [1.54, 1.807) is 54.6 Å². The highest BCUT2D eigenvalue weighted by atomic mass is 16.5. The Bertz CT molecular complexity index is 958. The van der Waals surface area contributed by atoms with Crippen LogP contribution in [0.5, 0.6) is 5.75 Å². The second-order valence-electron chi connectivity index (χ2n) is 6.63. The number of esters is 1. The van der Waals surface area contributed by atoms with Gasteiger partial charge in [0.25, 0.3) is 5.91 Å². The number of hydrogen-bond donors (Lipinski definition) is 2. The van der Waals surface area contributed by atoms with Crippen LogP contribution < -0.4 is 10.1 Å². The van der Waals surface area contributed by atoms with Gasteiger partial charge in [0.2, 0.25) is 0 Å². The molecule has 2 atom stereocenters. The summed E-state index contributed by atoms with van der Waals surface area (Å²) in [5.41, 5.74) is 1.87. The summed E-state index contributed by atoms with van der Waals surface area (Å²) >= 11 is 0. The van der Waals surface area contributed by atoms with E-state index >= 15 is 0 Å². The minimum atomic E-state index is -1.28. The molecule has 0 bridgehead atoms. The molecule has 2 N–H and O–H groups in total. The quantitative estimate of drug-likeness (QED) is 0.562. The van der Waals surface area contributed by atoms with Crippen molar-refractivity contribution in [3.05, 3.63) is 102 Å². The molecule has 0 fully saturated rings. The van der Waals surface area contributed by atoms with Crippen LogP contribution in [-0.4, -0.2) is 30.1 Å². The molecular weight excluding hydrogens is 382 g/mol. The lowest BCUT2D eigenvalue weighted by molar-refractivity contribution is -0.146. The molecule has 3 aromatic carbocycles. The number of benzene rings is 3. The first-order valence-corrected chi connectivity index (χ1v) is 9.47. The van der Waals surface area contributed by atoms with E-state index in [1.165, 1.54) is 7.11 Å². The normalized spacial score (nSPS) is 12.5. The molecule has 0 heterocycles. The Balaban J connectivity index is 1.68. The molecule has 0 aliphatic rings. The number of aliphatic hydroxyl groups is 1. The van der Waals surface area contributed by atoms with Gasteiger partial charge in [-0.2, -0.15) is 0 Å². The van der Waals surface area contributed by atoms with Gasteiger partial charge in [-0.1, -0.05) is 60.7 Å². The summed E-state index contributed by atoms with van der Waals surface area (Å²) in [6.45, 7) is 0.417. The zero-order valence-electron chi connectivity index (χ0n) is 16.5. The van der Waals surface area contributed by atoms with Gasteiger partial charge in [-0.05, 0) is 35.4 Å². The van der Waals surface area contributed by atoms with Crippen molar-refractivity contribution in [1.29, 1.82) is 0 Å². The topological polar surface area (TPSA) is 84.9 Å². The summed E-state index contributed by atoms with van der Waals surface area (Å²) in [5, 5.41) is 13.3. The van der Waals surface area contributed by atoms with Gasteiger partial charge >= 0.3 is 5.97 Å². The number of ether oxygens (including phenoxy) is 2. The van der Waals surface area contributed by atoms with Crippen LogP contribution in [-0.2, 0) is 16.1 Å². The van der Waals surface area contributed by atoms with Crippen molar-refractivity contribution in [3.8, 4) is 5.75 Å². The van der Waals surface area contributed by atoms with Gasteiger partial charge in [0.05, 0.1) is 7.11 Å². The van der Waals surface area contributed by atoms with Crippen molar-refractivity contribution in [2.24, 2.45) is 0 Å². The van der Waals surface area contributed by atoms with E-state index in [9.17, 15) is 14.7 Å². The number of methoxy groups -OCH3 is 1. The van der Waals surface area contributed by atoms with Crippen molar-refractivity contribution < 1.29 is 24.2 Å². The van der Waals surface area contributed by atoms with E-state index in [1.807, 2.05) is 30.3 Å².